The minimum absolute atomic E-state index is 0.0763. The molecule has 0 bridgehead atoms. The van der Waals surface area contributed by atoms with E-state index < -0.39 is 10.0 Å². The summed E-state index contributed by atoms with van der Waals surface area (Å²) in [7, 11) is -1.90. The Hall–Kier alpha value is -2.12. The summed E-state index contributed by atoms with van der Waals surface area (Å²) in [6, 6.07) is 14.5. The molecule has 0 spiro atoms. The number of hydrogen-bond donors (Lipinski definition) is 1. The molecule has 5 nitrogen and oxygen atoms in total. The Labute approximate surface area is 132 Å². The summed E-state index contributed by atoms with van der Waals surface area (Å²) in [6.07, 6.45) is 0. The molecule has 0 fully saturated rings. The van der Waals surface area contributed by atoms with Gasteiger partial charge in [0.25, 0.3) is 0 Å². The standard InChI is InChI=1S/C15H14N2O3S2/c1-20-12-7-8-13-14(9-12)21-15(16-13)17-22(18,19)10-11-5-3-2-4-6-11/h2-9H,10H2,1H3,(H,16,17). The molecule has 3 aromatic rings. The number of rotatable bonds is 5. The zero-order valence-electron chi connectivity index (χ0n) is 11.8. The Bertz CT molecular complexity index is 890. The third kappa shape index (κ3) is 3.37. The Balaban J connectivity index is 1.82. The van der Waals surface area contributed by atoms with Crippen molar-refractivity contribution in [3.63, 3.8) is 0 Å². The summed E-state index contributed by atoms with van der Waals surface area (Å²) in [6.45, 7) is 0. The number of benzene rings is 2. The summed E-state index contributed by atoms with van der Waals surface area (Å²) >= 11 is 1.28. The highest BCUT2D eigenvalue weighted by molar-refractivity contribution is 7.92. The van der Waals surface area contributed by atoms with Crippen LogP contribution >= 0.6 is 11.3 Å². The van der Waals surface area contributed by atoms with Crippen molar-refractivity contribution in [3.8, 4) is 5.75 Å². The van der Waals surface area contributed by atoms with Crippen molar-refractivity contribution in [1.29, 1.82) is 0 Å². The number of nitrogens with zero attached hydrogens (tertiary/aromatic N) is 1. The zero-order valence-corrected chi connectivity index (χ0v) is 13.4. The molecule has 7 heteroatoms. The second kappa shape index (κ2) is 5.94. The minimum Gasteiger partial charge on any atom is -0.497 e. The Kier molecular flexibility index (Phi) is 4.00. The number of sulfonamides is 1. The normalized spacial score (nSPS) is 11.5. The van der Waals surface area contributed by atoms with Crippen LogP contribution in [-0.2, 0) is 15.8 Å². The van der Waals surface area contributed by atoms with Crippen LogP contribution in [0.3, 0.4) is 0 Å². The summed E-state index contributed by atoms with van der Waals surface area (Å²) in [5.74, 6) is 0.641. The average molecular weight is 334 g/mol. The second-order valence-electron chi connectivity index (χ2n) is 4.70. The smallest absolute Gasteiger partial charge is 0.238 e. The van der Waals surface area contributed by atoms with Crippen molar-refractivity contribution in [2.75, 3.05) is 11.8 Å². The maximum atomic E-state index is 12.2. The van der Waals surface area contributed by atoms with Crippen molar-refractivity contribution in [1.82, 2.24) is 4.98 Å². The van der Waals surface area contributed by atoms with Gasteiger partial charge >= 0.3 is 0 Å². The van der Waals surface area contributed by atoms with Gasteiger partial charge in [0.2, 0.25) is 10.0 Å². The molecule has 0 aliphatic heterocycles. The predicted molar refractivity (Wildman–Crippen MR) is 88.9 cm³/mol. The summed E-state index contributed by atoms with van der Waals surface area (Å²) in [4.78, 5) is 4.29. The Morgan fingerprint density at radius 1 is 1.18 bits per heavy atom. The lowest BCUT2D eigenvalue weighted by molar-refractivity contribution is 0.415. The van der Waals surface area contributed by atoms with E-state index >= 15 is 0 Å². The molecule has 0 amide bonds. The van der Waals surface area contributed by atoms with E-state index in [-0.39, 0.29) is 5.75 Å². The molecule has 1 N–H and O–H groups in total. The molecule has 0 aliphatic rings. The fourth-order valence-electron chi connectivity index (χ4n) is 2.04. The van der Waals surface area contributed by atoms with E-state index in [4.69, 9.17) is 4.74 Å². The summed E-state index contributed by atoms with van der Waals surface area (Å²) in [5, 5.41) is 0.360. The predicted octanol–water partition coefficient (Wildman–Crippen LogP) is 3.25. The van der Waals surface area contributed by atoms with Crippen molar-refractivity contribution in [2.24, 2.45) is 0 Å². The maximum absolute atomic E-state index is 12.2. The highest BCUT2D eigenvalue weighted by Crippen LogP contribution is 2.29. The molecule has 22 heavy (non-hydrogen) atoms. The Morgan fingerprint density at radius 3 is 2.68 bits per heavy atom. The first-order valence-corrected chi connectivity index (χ1v) is 9.01. The largest absolute Gasteiger partial charge is 0.497 e. The second-order valence-corrected chi connectivity index (χ2v) is 7.45. The quantitative estimate of drug-likeness (QED) is 0.778. The molecule has 0 unspecified atom stereocenters. The number of nitrogens with one attached hydrogen (secondary N) is 1. The molecule has 0 aliphatic carbocycles. The van der Waals surface area contributed by atoms with Gasteiger partial charge < -0.3 is 4.74 Å². The number of thiazole rings is 1. The van der Waals surface area contributed by atoms with Crippen LogP contribution in [0.1, 0.15) is 5.56 Å². The number of ether oxygens (including phenoxy) is 1. The van der Waals surface area contributed by atoms with Gasteiger partial charge in [0.05, 0.1) is 23.1 Å². The fourth-order valence-corrected chi connectivity index (χ4v) is 4.35. The molecule has 0 atom stereocenters. The lowest BCUT2D eigenvalue weighted by Gasteiger charge is -2.04. The van der Waals surface area contributed by atoms with Gasteiger partial charge in [0.1, 0.15) is 5.75 Å². The monoisotopic (exact) mass is 334 g/mol. The van der Waals surface area contributed by atoms with Crippen molar-refractivity contribution >= 4 is 36.7 Å². The SMILES string of the molecule is COc1ccc2nc(NS(=O)(=O)Cc3ccccc3)sc2c1. The van der Waals surface area contributed by atoms with E-state index in [0.717, 1.165) is 21.5 Å². The third-order valence-corrected chi connectivity index (χ3v) is 5.32. The maximum Gasteiger partial charge on any atom is 0.238 e. The van der Waals surface area contributed by atoms with Crippen LogP contribution in [0.15, 0.2) is 48.5 Å². The van der Waals surface area contributed by atoms with Gasteiger partial charge in [-0.2, -0.15) is 0 Å². The van der Waals surface area contributed by atoms with Crippen molar-refractivity contribution < 1.29 is 13.2 Å². The van der Waals surface area contributed by atoms with Gasteiger partial charge in [-0.3, -0.25) is 4.72 Å². The topological polar surface area (TPSA) is 68.3 Å². The van der Waals surface area contributed by atoms with Crippen LogP contribution in [0.2, 0.25) is 0 Å². The van der Waals surface area contributed by atoms with Gasteiger partial charge in [-0.05, 0) is 23.8 Å². The molecule has 0 saturated carbocycles. The van der Waals surface area contributed by atoms with Crippen molar-refractivity contribution in [2.45, 2.75) is 5.75 Å². The van der Waals surface area contributed by atoms with Crippen LogP contribution in [0.25, 0.3) is 10.2 Å². The van der Waals surface area contributed by atoms with Crippen molar-refractivity contribution in [3.05, 3.63) is 54.1 Å². The first-order valence-electron chi connectivity index (χ1n) is 6.55. The average Bonchev–Trinajstić information content (AvgIpc) is 2.87. The number of hydrogen-bond acceptors (Lipinski definition) is 5. The molecule has 114 valence electrons. The highest BCUT2D eigenvalue weighted by atomic mass is 32.2. The van der Waals surface area contributed by atoms with E-state index in [9.17, 15) is 8.42 Å². The molecular weight excluding hydrogens is 320 g/mol. The molecule has 0 saturated heterocycles. The third-order valence-electron chi connectivity index (χ3n) is 3.04. The molecule has 2 aromatic carbocycles. The van der Waals surface area contributed by atoms with E-state index in [1.54, 1.807) is 31.4 Å². The van der Waals surface area contributed by atoms with E-state index in [1.807, 2.05) is 24.3 Å². The van der Waals surface area contributed by atoms with Crippen LogP contribution < -0.4 is 9.46 Å². The number of fused-ring (bicyclic) bond motifs is 1. The van der Waals surface area contributed by atoms with Crippen LogP contribution in [0.5, 0.6) is 5.75 Å². The first kappa shape index (κ1) is 14.8. The first-order chi connectivity index (χ1) is 10.6. The molecule has 1 heterocycles. The van der Waals surface area contributed by atoms with Gasteiger partial charge in [0, 0.05) is 0 Å². The van der Waals surface area contributed by atoms with E-state index in [2.05, 4.69) is 9.71 Å². The number of methoxy groups -OCH3 is 1. The molecular formula is C15H14N2O3S2. The van der Waals surface area contributed by atoms with E-state index in [1.165, 1.54) is 11.3 Å². The Morgan fingerprint density at radius 2 is 1.95 bits per heavy atom. The molecule has 3 rings (SSSR count). The van der Waals surface area contributed by atoms with Gasteiger partial charge in [0.15, 0.2) is 5.13 Å². The fraction of sp³-hybridized carbons (Fsp3) is 0.133. The summed E-state index contributed by atoms with van der Waals surface area (Å²) < 4.78 is 33.0. The molecule has 1 aromatic heterocycles. The molecule has 0 radical (unpaired) electrons. The van der Waals surface area contributed by atoms with Crippen LogP contribution in [-0.4, -0.2) is 20.5 Å². The minimum atomic E-state index is -3.48. The van der Waals surface area contributed by atoms with Crippen LogP contribution in [0.4, 0.5) is 5.13 Å². The lowest BCUT2D eigenvalue weighted by Crippen LogP contribution is -2.14. The van der Waals surface area contributed by atoms with Crippen LogP contribution in [0, 0.1) is 0 Å². The van der Waals surface area contributed by atoms with Gasteiger partial charge in [-0.25, -0.2) is 13.4 Å². The summed E-state index contributed by atoms with van der Waals surface area (Å²) in [5.41, 5.74) is 1.47. The highest BCUT2D eigenvalue weighted by Gasteiger charge is 2.14. The lowest BCUT2D eigenvalue weighted by atomic mass is 10.2. The van der Waals surface area contributed by atoms with Gasteiger partial charge in [-0.15, -0.1) is 0 Å². The number of aromatic nitrogens is 1. The zero-order chi connectivity index (χ0) is 15.6. The number of anilines is 1. The van der Waals surface area contributed by atoms with Gasteiger partial charge in [-0.1, -0.05) is 41.7 Å². The van der Waals surface area contributed by atoms with E-state index in [0.29, 0.717) is 5.13 Å².